The molecule has 0 radical (unpaired) electrons. The number of benzene rings is 8. The van der Waals surface area contributed by atoms with E-state index in [1.54, 1.807) is 0 Å². The number of para-hydroxylation sites is 1. The number of furan rings is 1. The van der Waals surface area contributed by atoms with Crippen LogP contribution in [0.25, 0.3) is 66.1 Å². The molecule has 10 rings (SSSR count). The first-order valence-electron chi connectivity index (χ1n) is 20.2. The van der Waals surface area contributed by atoms with Crippen molar-refractivity contribution in [3.05, 3.63) is 188 Å². The van der Waals surface area contributed by atoms with Crippen molar-refractivity contribution in [3.63, 3.8) is 0 Å². The molecule has 272 valence electrons. The molecular weight excluding hydrogens is 679 g/mol. The molecule has 9 aromatic rings. The molecule has 1 heterocycles. The average molecular weight is 724 g/mol. The van der Waals surface area contributed by atoms with Crippen LogP contribution in [0.4, 0.5) is 17.1 Å². The smallest absolute Gasteiger partial charge is 0.137 e. The van der Waals surface area contributed by atoms with Crippen LogP contribution >= 0.6 is 0 Å². The molecule has 1 aromatic heterocycles. The molecule has 1 aliphatic rings. The zero-order chi connectivity index (χ0) is 37.6. The fourth-order valence-corrected chi connectivity index (χ4v) is 9.53. The number of fused-ring (bicyclic) bond motifs is 4. The Labute approximate surface area is 329 Å². The molecule has 56 heavy (non-hydrogen) atoms. The van der Waals surface area contributed by atoms with Crippen LogP contribution in [0.15, 0.2) is 186 Å². The van der Waals surface area contributed by atoms with Gasteiger partial charge in [0.1, 0.15) is 11.2 Å². The van der Waals surface area contributed by atoms with Gasteiger partial charge in [-0.2, -0.15) is 0 Å². The van der Waals surface area contributed by atoms with Crippen molar-refractivity contribution in [2.24, 2.45) is 5.92 Å². The van der Waals surface area contributed by atoms with E-state index in [1.807, 2.05) is 12.1 Å². The van der Waals surface area contributed by atoms with Gasteiger partial charge in [-0.15, -0.1) is 0 Å². The summed E-state index contributed by atoms with van der Waals surface area (Å²) in [7, 11) is 0. The minimum Gasteiger partial charge on any atom is -0.456 e. The van der Waals surface area contributed by atoms with Crippen molar-refractivity contribution >= 4 is 49.8 Å². The number of hydrogen-bond acceptors (Lipinski definition) is 2. The van der Waals surface area contributed by atoms with Crippen LogP contribution in [0.2, 0.25) is 0 Å². The fraction of sp³-hybridized carbons (Fsp3) is 0.148. The Balaban J connectivity index is 1.04. The van der Waals surface area contributed by atoms with E-state index < -0.39 is 0 Å². The van der Waals surface area contributed by atoms with Gasteiger partial charge < -0.3 is 9.32 Å². The molecule has 1 saturated carbocycles. The molecule has 0 aliphatic heterocycles. The Morgan fingerprint density at radius 3 is 1.75 bits per heavy atom. The van der Waals surface area contributed by atoms with Gasteiger partial charge in [0.2, 0.25) is 0 Å². The van der Waals surface area contributed by atoms with Gasteiger partial charge in [0, 0.05) is 33.9 Å². The normalized spacial score (nSPS) is 16.9. The third-order valence-electron chi connectivity index (χ3n) is 12.5. The molecule has 0 amide bonds. The van der Waals surface area contributed by atoms with Crippen molar-refractivity contribution in [1.82, 2.24) is 0 Å². The summed E-state index contributed by atoms with van der Waals surface area (Å²) in [4.78, 5) is 2.34. The summed E-state index contributed by atoms with van der Waals surface area (Å²) in [5.74, 6) is 0.805. The highest BCUT2D eigenvalue weighted by Gasteiger charge is 2.37. The van der Waals surface area contributed by atoms with Crippen LogP contribution < -0.4 is 4.90 Å². The number of rotatable bonds is 8. The monoisotopic (exact) mass is 723 g/mol. The van der Waals surface area contributed by atoms with Gasteiger partial charge in [0.25, 0.3) is 0 Å². The van der Waals surface area contributed by atoms with E-state index in [0.29, 0.717) is 5.41 Å². The van der Waals surface area contributed by atoms with E-state index in [0.717, 1.165) is 44.9 Å². The molecule has 2 nitrogen and oxygen atoms in total. The van der Waals surface area contributed by atoms with Crippen molar-refractivity contribution in [1.29, 1.82) is 0 Å². The van der Waals surface area contributed by atoms with Crippen molar-refractivity contribution < 1.29 is 4.42 Å². The first kappa shape index (κ1) is 34.1. The Hall–Kier alpha value is -6.38. The maximum absolute atomic E-state index is 6.40. The topological polar surface area (TPSA) is 16.4 Å². The SMILES string of the molecule is CCC1(c2ccc(-c3ccc(N(c4ccc(-c5cccc6cccc(-c7ccccc7)c56)cc4)c4ccc5c(c4)oc4ccccc45)cc3)cc2)CCC(C)C1. The molecule has 2 heteroatoms. The summed E-state index contributed by atoms with van der Waals surface area (Å²) in [5.41, 5.74) is 14.2. The summed E-state index contributed by atoms with van der Waals surface area (Å²) in [6.45, 7) is 4.77. The van der Waals surface area contributed by atoms with E-state index in [4.69, 9.17) is 4.42 Å². The fourth-order valence-electron chi connectivity index (χ4n) is 9.53. The predicted molar refractivity (Wildman–Crippen MR) is 237 cm³/mol. The Bertz CT molecular complexity index is 2810. The zero-order valence-corrected chi connectivity index (χ0v) is 32.1. The first-order valence-corrected chi connectivity index (χ1v) is 20.2. The number of nitrogens with zero attached hydrogens (tertiary/aromatic N) is 1. The second-order valence-corrected chi connectivity index (χ2v) is 15.8. The highest BCUT2D eigenvalue weighted by Crippen LogP contribution is 2.47. The first-order chi connectivity index (χ1) is 27.6. The van der Waals surface area contributed by atoms with Crippen LogP contribution in [0.5, 0.6) is 0 Å². The molecule has 1 fully saturated rings. The summed E-state index contributed by atoms with van der Waals surface area (Å²) in [6, 6.07) is 66.3. The molecule has 0 saturated heterocycles. The summed E-state index contributed by atoms with van der Waals surface area (Å²) >= 11 is 0. The van der Waals surface area contributed by atoms with Crippen LogP contribution in [0.1, 0.15) is 45.1 Å². The second kappa shape index (κ2) is 14.0. The molecule has 1 aliphatic carbocycles. The van der Waals surface area contributed by atoms with Crippen LogP contribution in [-0.2, 0) is 5.41 Å². The second-order valence-electron chi connectivity index (χ2n) is 15.8. The summed E-state index contributed by atoms with van der Waals surface area (Å²) in [6.07, 6.45) is 5.13. The lowest BCUT2D eigenvalue weighted by molar-refractivity contribution is 0.408. The predicted octanol–water partition coefficient (Wildman–Crippen LogP) is 15.7. The quantitative estimate of drug-likeness (QED) is 0.155. The Kier molecular flexibility index (Phi) is 8.56. The van der Waals surface area contributed by atoms with Crippen molar-refractivity contribution in [2.75, 3.05) is 4.90 Å². The van der Waals surface area contributed by atoms with Gasteiger partial charge in [-0.05, 0) is 129 Å². The largest absolute Gasteiger partial charge is 0.456 e. The lowest BCUT2D eigenvalue weighted by Gasteiger charge is -2.29. The molecule has 0 N–H and O–H groups in total. The zero-order valence-electron chi connectivity index (χ0n) is 32.1. The molecule has 0 spiro atoms. The minimum absolute atomic E-state index is 0.330. The molecule has 8 aromatic carbocycles. The summed E-state index contributed by atoms with van der Waals surface area (Å²) in [5, 5.41) is 4.77. The lowest BCUT2D eigenvalue weighted by atomic mass is 9.76. The number of anilines is 3. The highest BCUT2D eigenvalue weighted by molar-refractivity contribution is 6.07. The van der Waals surface area contributed by atoms with E-state index in [1.165, 1.54) is 75.4 Å². The third kappa shape index (κ3) is 5.97. The van der Waals surface area contributed by atoms with Crippen LogP contribution in [0.3, 0.4) is 0 Å². The van der Waals surface area contributed by atoms with E-state index in [9.17, 15) is 0 Å². The Morgan fingerprint density at radius 2 is 1.11 bits per heavy atom. The van der Waals surface area contributed by atoms with Gasteiger partial charge >= 0.3 is 0 Å². The van der Waals surface area contributed by atoms with Crippen LogP contribution in [0, 0.1) is 5.92 Å². The molecular formula is C54H45NO. The van der Waals surface area contributed by atoms with Crippen LogP contribution in [-0.4, -0.2) is 0 Å². The van der Waals surface area contributed by atoms with Gasteiger partial charge in [0.05, 0.1) is 0 Å². The minimum atomic E-state index is 0.330. The third-order valence-corrected chi connectivity index (χ3v) is 12.5. The maximum Gasteiger partial charge on any atom is 0.137 e. The molecule has 0 bridgehead atoms. The maximum atomic E-state index is 6.40. The standard InChI is InChI=1S/C54H45NO/c1-3-54(34-33-37(2)36-54)43-25-19-38(20-26-43)39-21-27-44(28-22-39)55(46-31-32-50-49-15-7-8-18-51(49)56-52(50)35-46)45-29-23-41(24-30-45)48-17-10-14-42-13-9-16-47(53(42)48)40-11-5-4-6-12-40/h4-32,35,37H,3,33-34,36H2,1-2H3. The van der Waals surface area contributed by atoms with Crippen molar-refractivity contribution in [3.8, 4) is 33.4 Å². The lowest BCUT2D eigenvalue weighted by Crippen LogP contribution is -2.21. The van der Waals surface area contributed by atoms with Gasteiger partial charge in [-0.1, -0.05) is 147 Å². The van der Waals surface area contributed by atoms with Gasteiger partial charge in [-0.3, -0.25) is 0 Å². The van der Waals surface area contributed by atoms with Gasteiger partial charge in [0.15, 0.2) is 0 Å². The van der Waals surface area contributed by atoms with E-state index >= 15 is 0 Å². The molecule has 2 atom stereocenters. The van der Waals surface area contributed by atoms with E-state index in [2.05, 4.69) is 189 Å². The average Bonchev–Trinajstić information content (AvgIpc) is 3.84. The number of hydrogen-bond donors (Lipinski definition) is 0. The van der Waals surface area contributed by atoms with Crippen molar-refractivity contribution in [2.45, 2.75) is 44.9 Å². The molecule has 2 unspecified atom stereocenters. The van der Waals surface area contributed by atoms with E-state index in [-0.39, 0.29) is 0 Å². The Morgan fingerprint density at radius 1 is 0.536 bits per heavy atom. The highest BCUT2D eigenvalue weighted by atomic mass is 16.3. The summed E-state index contributed by atoms with van der Waals surface area (Å²) < 4.78 is 6.40. The van der Waals surface area contributed by atoms with Gasteiger partial charge in [-0.25, -0.2) is 0 Å².